The van der Waals surface area contributed by atoms with E-state index in [1.54, 1.807) is 0 Å². The predicted octanol–water partition coefficient (Wildman–Crippen LogP) is 2.62. The minimum Gasteiger partial charge on any atom is -0.298 e. The normalized spacial score (nSPS) is 22.4. The summed E-state index contributed by atoms with van der Waals surface area (Å²) < 4.78 is 0. The van der Waals surface area contributed by atoms with Gasteiger partial charge >= 0.3 is 0 Å². The molecule has 1 rings (SSSR count). The fourth-order valence-corrected chi connectivity index (χ4v) is 2.16. The van der Waals surface area contributed by atoms with Crippen LogP contribution in [0.15, 0.2) is 0 Å². The summed E-state index contributed by atoms with van der Waals surface area (Å²) in [5.41, 5.74) is 0. The maximum atomic E-state index is 11.6. The Morgan fingerprint density at radius 1 is 1.14 bits per heavy atom. The van der Waals surface area contributed by atoms with Crippen molar-refractivity contribution >= 4 is 5.78 Å². The van der Waals surface area contributed by atoms with E-state index in [2.05, 4.69) is 11.8 Å². The molecule has 1 unspecified atom stereocenters. The molecular formula is C12H23NO. The highest BCUT2D eigenvalue weighted by Crippen LogP contribution is 2.13. The molecule has 0 aromatic heterocycles. The minimum atomic E-state index is 0.151. The molecule has 2 heteroatoms. The Hall–Kier alpha value is -0.370. The first kappa shape index (κ1) is 11.7. The lowest BCUT2D eigenvalue weighted by Gasteiger charge is -2.29. The summed E-state index contributed by atoms with van der Waals surface area (Å²) in [5.74, 6) is 0.394. The van der Waals surface area contributed by atoms with E-state index in [0.717, 1.165) is 13.1 Å². The van der Waals surface area contributed by atoms with E-state index >= 15 is 0 Å². The first-order valence-electron chi connectivity index (χ1n) is 6.02. The van der Waals surface area contributed by atoms with E-state index in [0.29, 0.717) is 12.2 Å². The van der Waals surface area contributed by atoms with Crippen molar-refractivity contribution in [3.05, 3.63) is 0 Å². The Morgan fingerprint density at radius 2 is 1.64 bits per heavy atom. The van der Waals surface area contributed by atoms with E-state index in [9.17, 15) is 4.79 Å². The summed E-state index contributed by atoms with van der Waals surface area (Å²) >= 11 is 0. The van der Waals surface area contributed by atoms with Crippen molar-refractivity contribution in [3.63, 3.8) is 0 Å². The van der Waals surface area contributed by atoms with Crippen LogP contribution < -0.4 is 0 Å². The standard InChI is InChI=1S/C12H23NO/c1-3-12(14)11(2)13-9-7-5-4-6-8-10-13/h11H,3-10H2,1-2H3. The highest BCUT2D eigenvalue weighted by molar-refractivity contribution is 5.83. The van der Waals surface area contributed by atoms with Crippen LogP contribution in [-0.2, 0) is 4.79 Å². The second-order valence-corrected chi connectivity index (χ2v) is 4.30. The predicted molar refractivity (Wildman–Crippen MR) is 59.4 cm³/mol. The Balaban J connectivity index is 2.42. The van der Waals surface area contributed by atoms with E-state index in [-0.39, 0.29) is 6.04 Å². The zero-order chi connectivity index (χ0) is 10.4. The number of likely N-dealkylation sites (tertiary alicyclic amines) is 1. The molecule has 1 heterocycles. The lowest BCUT2D eigenvalue weighted by atomic mass is 10.0. The van der Waals surface area contributed by atoms with Crippen molar-refractivity contribution in [1.82, 2.24) is 4.90 Å². The van der Waals surface area contributed by atoms with Crippen molar-refractivity contribution in [2.24, 2.45) is 0 Å². The number of carbonyl (C=O) groups is 1. The second kappa shape index (κ2) is 6.18. The lowest BCUT2D eigenvalue weighted by Crippen LogP contribution is -2.40. The number of ketones is 1. The third-order valence-corrected chi connectivity index (χ3v) is 3.25. The van der Waals surface area contributed by atoms with Crippen LogP contribution in [-0.4, -0.2) is 29.8 Å². The average molecular weight is 197 g/mol. The molecule has 14 heavy (non-hydrogen) atoms. The maximum absolute atomic E-state index is 11.6. The van der Waals surface area contributed by atoms with Crippen LogP contribution in [0.2, 0.25) is 0 Å². The quantitative estimate of drug-likeness (QED) is 0.693. The van der Waals surface area contributed by atoms with E-state index < -0.39 is 0 Å². The van der Waals surface area contributed by atoms with Crippen LogP contribution in [0.25, 0.3) is 0 Å². The second-order valence-electron chi connectivity index (χ2n) is 4.30. The lowest BCUT2D eigenvalue weighted by molar-refractivity contribution is -0.123. The molecule has 0 bridgehead atoms. The van der Waals surface area contributed by atoms with Crippen molar-refractivity contribution < 1.29 is 4.79 Å². The van der Waals surface area contributed by atoms with Crippen LogP contribution in [0.1, 0.15) is 52.4 Å². The molecule has 0 radical (unpaired) electrons. The van der Waals surface area contributed by atoms with Gasteiger partial charge in [-0.3, -0.25) is 9.69 Å². The highest BCUT2D eigenvalue weighted by Gasteiger charge is 2.19. The zero-order valence-corrected chi connectivity index (χ0v) is 9.59. The van der Waals surface area contributed by atoms with Crippen molar-refractivity contribution in [1.29, 1.82) is 0 Å². The molecule has 0 aromatic carbocycles. The summed E-state index contributed by atoms with van der Waals surface area (Å²) in [6, 6.07) is 0.151. The van der Waals surface area contributed by atoms with Crippen LogP contribution in [0.5, 0.6) is 0 Å². The number of rotatable bonds is 3. The number of hydrogen-bond acceptors (Lipinski definition) is 2. The number of nitrogens with zero attached hydrogens (tertiary/aromatic N) is 1. The van der Waals surface area contributed by atoms with Gasteiger partial charge in [0.2, 0.25) is 0 Å². The molecule has 1 aliphatic rings. The summed E-state index contributed by atoms with van der Waals surface area (Å²) in [7, 11) is 0. The van der Waals surface area contributed by atoms with Gasteiger partial charge in [-0.05, 0) is 32.9 Å². The summed E-state index contributed by atoms with van der Waals surface area (Å²) in [6.45, 7) is 6.26. The van der Waals surface area contributed by atoms with Gasteiger partial charge in [0.25, 0.3) is 0 Å². The Labute approximate surface area is 87.7 Å². The van der Waals surface area contributed by atoms with Gasteiger partial charge in [0.05, 0.1) is 6.04 Å². The van der Waals surface area contributed by atoms with Crippen LogP contribution in [0.4, 0.5) is 0 Å². The van der Waals surface area contributed by atoms with Gasteiger partial charge in [-0.15, -0.1) is 0 Å². The maximum Gasteiger partial charge on any atom is 0.149 e. The molecule has 0 spiro atoms. The fourth-order valence-electron chi connectivity index (χ4n) is 2.16. The average Bonchev–Trinajstić information content (AvgIpc) is 2.15. The Bertz CT molecular complexity index is 171. The molecule has 0 amide bonds. The number of hydrogen-bond donors (Lipinski definition) is 0. The molecule has 82 valence electrons. The van der Waals surface area contributed by atoms with Crippen molar-refractivity contribution in [2.45, 2.75) is 58.4 Å². The Morgan fingerprint density at radius 3 is 2.14 bits per heavy atom. The van der Waals surface area contributed by atoms with Gasteiger partial charge in [-0.25, -0.2) is 0 Å². The summed E-state index contributed by atoms with van der Waals surface area (Å²) in [6.07, 6.45) is 7.26. The van der Waals surface area contributed by atoms with Gasteiger partial charge in [0.1, 0.15) is 5.78 Å². The van der Waals surface area contributed by atoms with Crippen LogP contribution >= 0.6 is 0 Å². The smallest absolute Gasteiger partial charge is 0.149 e. The molecule has 0 aromatic rings. The van der Waals surface area contributed by atoms with Gasteiger partial charge < -0.3 is 0 Å². The highest BCUT2D eigenvalue weighted by atomic mass is 16.1. The molecule has 1 fully saturated rings. The molecule has 1 atom stereocenters. The molecule has 2 nitrogen and oxygen atoms in total. The molecule has 0 aliphatic carbocycles. The molecule has 1 aliphatic heterocycles. The van der Waals surface area contributed by atoms with E-state index in [1.165, 1.54) is 32.1 Å². The van der Waals surface area contributed by atoms with Gasteiger partial charge in [-0.1, -0.05) is 26.2 Å². The molecule has 0 saturated carbocycles. The zero-order valence-electron chi connectivity index (χ0n) is 9.59. The number of Topliss-reactive ketones (excluding diaryl/α,β-unsaturated/α-hetero) is 1. The van der Waals surface area contributed by atoms with Gasteiger partial charge in [0, 0.05) is 6.42 Å². The van der Waals surface area contributed by atoms with Gasteiger partial charge in [0.15, 0.2) is 0 Å². The topological polar surface area (TPSA) is 20.3 Å². The van der Waals surface area contributed by atoms with E-state index in [1.807, 2.05) is 6.92 Å². The Kier molecular flexibility index (Phi) is 5.16. The molecule has 0 N–H and O–H groups in total. The third-order valence-electron chi connectivity index (χ3n) is 3.25. The van der Waals surface area contributed by atoms with Crippen molar-refractivity contribution in [3.8, 4) is 0 Å². The molecular weight excluding hydrogens is 174 g/mol. The van der Waals surface area contributed by atoms with Crippen molar-refractivity contribution in [2.75, 3.05) is 13.1 Å². The first-order valence-corrected chi connectivity index (χ1v) is 6.02. The largest absolute Gasteiger partial charge is 0.298 e. The van der Waals surface area contributed by atoms with E-state index in [4.69, 9.17) is 0 Å². The first-order chi connectivity index (χ1) is 6.75. The summed E-state index contributed by atoms with van der Waals surface area (Å²) in [4.78, 5) is 13.9. The minimum absolute atomic E-state index is 0.151. The third kappa shape index (κ3) is 3.41. The van der Waals surface area contributed by atoms with Crippen LogP contribution in [0.3, 0.4) is 0 Å². The molecule has 1 saturated heterocycles. The SMILES string of the molecule is CCC(=O)C(C)N1CCCCCCC1. The number of carbonyl (C=O) groups excluding carboxylic acids is 1. The fraction of sp³-hybridized carbons (Fsp3) is 0.917. The monoisotopic (exact) mass is 197 g/mol. The van der Waals surface area contributed by atoms with Gasteiger partial charge in [-0.2, -0.15) is 0 Å². The summed E-state index contributed by atoms with van der Waals surface area (Å²) in [5, 5.41) is 0. The van der Waals surface area contributed by atoms with Crippen LogP contribution in [0, 0.1) is 0 Å².